The van der Waals surface area contributed by atoms with Gasteiger partial charge in [0.25, 0.3) is 0 Å². The SMILES string of the molecule is CC(CNCc1ccc([Si](C)(C)C)cc1)c1ccccc1. The summed E-state index contributed by atoms with van der Waals surface area (Å²) < 4.78 is 0. The van der Waals surface area contributed by atoms with E-state index in [4.69, 9.17) is 0 Å². The van der Waals surface area contributed by atoms with Crippen molar-refractivity contribution in [2.75, 3.05) is 6.54 Å². The summed E-state index contributed by atoms with van der Waals surface area (Å²) in [7, 11) is -1.17. The molecule has 0 spiro atoms. The molecule has 1 nitrogen and oxygen atoms in total. The Morgan fingerprint density at radius 2 is 1.52 bits per heavy atom. The van der Waals surface area contributed by atoms with Crippen LogP contribution in [0.3, 0.4) is 0 Å². The third-order valence-electron chi connectivity index (χ3n) is 3.97. The van der Waals surface area contributed by atoms with Crippen molar-refractivity contribution in [3.05, 3.63) is 65.7 Å². The van der Waals surface area contributed by atoms with E-state index in [9.17, 15) is 0 Å². The Morgan fingerprint density at radius 1 is 0.905 bits per heavy atom. The molecule has 0 aliphatic rings. The molecule has 0 saturated heterocycles. The van der Waals surface area contributed by atoms with Gasteiger partial charge in [-0.25, -0.2) is 0 Å². The molecule has 2 rings (SSSR count). The predicted molar refractivity (Wildman–Crippen MR) is 96.0 cm³/mol. The zero-order chi connectivity index (χ0) is 15.3. The van der Waals surface area contributed by atoms with Gasteiger partial charge in [0.05, 0.1) is 8.07 Å². The molecule has 1 N–H and O–H groups in total. The Labute approximate surface area is 130 Å². The van der Waals surface area contributed by atoms with Crippen molar-refractivity contribution in [2.24, 2.45) is 0 Å². The minimum absolute atomic E-state index is 0.549. The lowest BCUT2D eigenvalue weighted by Gasteiger charge is -2.17. The van der Waals surface area contributed by atoms with Crippen LogP contribution in [0, 0.1) is 0 Å². The molecule has 21 heavy (non-hydrogen) atoms. The Morgan fingerprint density at radius 3 is 2.10 bits per heavy atom. The molecule has 2 heteroatoms. The second-order valence-electron chi connectivity index (χ2n) is 6.89. The summed E-state index contributed by atoms with van der Waals surface area (Å²) in [5, 5.41) is 5.10. The Bertz CT molecular complexity index is 540. The van der Waals surface area contributed by atoms with Crippen molar-refractivity contribution >= 4 is 13.3 Å². The molecular weight excluding hydrogens is 270 g/mol. The summed E-state index contributed by atoms with van der Waals surface area (Å²) in [5.41, 5.74) is 2.77. The van der Waals surface area contributed by atoms with Crippen LogP contribution in [0.15, 0.2) is 54.6 Å². The molecule has 0 saturated carbocycles. The monoisotopic (exact) mass is 297 g/mol. The average molecular weight is 298 g/mol. The van der Waals surface area contributed by atoms with Crippen molar-refractivity contribution in [3.63, 3.8) is 0 Å². The van der Waals surface area contributed by atoms with E-state index in [-0.39, 0.29) is 0 Å². The molecule has 0 aromatic heterocycles. The topological polar surface area (TPSA) is 12.0 Å². The van der Waals surface area contributed by atoms with Gasteiger partial charge >= 0.3 is 0 Å². The van der Waals surface area contributed by atoms with Crippen LogP contribution < -0.4 is 10.5 Å². The largest absolute Gasteiger partial charge is 0.312 e. The third-order valence-corrected chi connectivity index (χ3v) is 6.03. The second-order valence-corrected chi connectivity index (χ2v) is 12.0. The predicted octanol–water partition coefficient (Wildman–Crippen LogP) is 4.13. The smallest absolute Gasteiger partial charge is 0.0775 e. The van der Waals surface area contributed by atoms with Crippen LogP contribution in [0.4, 0.5) is 0 Å². The van der Waals surface area contributed by atoms with E-state index in [0.29, 0.717) is 5.92 Å². The van der Waals surface area contributed by atoms with Gasteiger partial charge in [-0.05, 0) is 17.0 Å². The van der Waals surface area contributed by atoms with Crippen LogP contribution in [-0.2, 0) is 6.54 Å². The van der Waals surface area contributed by atoms with E-state index < -0.39 is 8.07 Å². The average Bonchev–Trinajstić information content (AvgIpc) is 2.47. The molecule has 1 unspecified atom stereocenters. The van der Waals surface area contributed by atoms with Crippen LogP contribution in [0.25, 0.3) is 0 Å². The highest BCUT2D eigenvalue weighted by atomic mass is 28.3. The summed E-state index contributed by atoms with van der Waals surface area (Å²) in [6.45, 7) is 11.4. The van der Waals surface area contributed by atoms with E-state index in [1.54, 1.807) is 0 Å². The first kappa shape index (κ1) is 16.0. The number of hydrogen-bond donors (Lipinski definition) is 1. The molecule has 1 atom stereocenters. The van der Waals surface area contributed by atoms with E-state index in [0.717, 1.165) is 13.1 Å². The van der Waals surface area contributed by atoms with Crippen molar-refractivity contribution in [1.82, 2.24) is 5.32 Å². The summed E-state index contributed by atoms with van der Waals surface area (Å²) in [4.78, 5) is 0. The quantitative estimate of drug-likeness (QED) is 0.791. The van der Waals surface area contributed by atoms with Crippen molar-refractivity contribution in [2.45, 2.75) is 39.0 Å². The third kappa shape index (κ3) is 4.83. The number of benzene rings is 2. The van der Waals surface area contributed by atoms with Crippen LogP contribution in [0.5, 0.6) is 0 Å². The fraction of sp³-hybridized carbons (Fsp3) is 0.368. The van der Waals surface area contributed by atoms with E-state index in [2.05, 4.69) is 86.5 Å². The molecule has 112 valence electrons. The van der Waals surface area contributed by atoms with Gasteiger partial charge in [-0.3, -0.25) is 0 Å². The highest BCUT2D eigenvalue weighted by molar-refractivity contribution is 6.88. The van der Waals surface area contributed by atoms with E-state index >= 15 is 0 Å². The standard InChI is InChI=1S/C19H27NSi/c1-16(18-8-6-5-7-9-18)14-20-15-17-10-12-19(13-11-17)21(2,3)4/h5-13,16,20H,14-15H2,1-4H3. The number of rotatable bonds is 6. The molecule has 0 fully saturated rings. The summed E-state index contributed by atoms with van der Waals surface area (Å²) in [6, 6.07) is 19.9. The number of nitrogens with one attached hydrogen (secondary N) is 1. The molecule has 0 radical (unpaired) electrons. The van der Waals surface area contributed by atoms with E-state index in [1.807, 2.05) is 0 Å². The van der Waals surface area contributed by atoms with Gasteiger partial charge in [-0.15, -0.1) is 0 Å². The lowest BCUT2D eigenvalue weighted by molar-refractivity contribution is 0.615. The first-order valence-corrected chi connectivity index (χ1v) is 11.3. The molecule has 0 amide bonds. The van der Waals surface area contributed by atoms with Crippen LogP contribution >= 0.6 is 0 Å². The van der Waals surface area contributed by atoms with Crippen LogP contribution in [0.1, 0.15) is 24.0 Å². The maximum atomic E-state index is 3.57. The normalized spacial score (nSPS) is 13.1. The van der Waals surface area contributed by atoms with Gasteiger partial charge in [0, 0.05) is 13.1 Å². The van der Waals surface area contributed by atoms with Crippen LogP contribution in [-0.4, -0.2) is 14.6 Å². The second kappa shape index (κ2) is 7.06. The van der Waals surface area contributed by atoms with Gasteiger partial charge in [-0.1, -0.05) is 86.3 Å². The van der Waals surface area contributed by atoms with Gasteiger partial charge < -0.3 is 5.32 Å². The summed E-state index contributed by atoms with van der Waals surface area (Å²) in [6.07, 6.45) is 0. The minimum Gasteiger partial charge on any atom is -0.312 e. The zero-order valence-corrected chi connectivity index (χ0v) is 14.7. The first-order chi connectivity index (χ1) is 9.97. The van der Waals surface area contributed by atoms with Gasteiger partial charge in [-0.2, -0.15) is 0 Å². The van der Waals surface area contributed by atoms with Crippen molar-refractivity contribution in [1.29, 1.82) is 0 Å². The minimum atomic E-state index is -1.17. The maximum Gasteiger partial charge on any atom is 0.0775 e. The van der Waals surface area contributed by atoms with Crippen molar-refractivity contribution in [3.8, 4) is 0 Å². The Hall–Kier alpha value is -1.38. The lowest BCUT2D eigenvalue weighted by Crippen LogP contribution is -2.37. The van der Waals surface area contributed by atoms with Crippen LogP contribution in [0.2, 0.25) is 19.6 Å². The molecule has 0 bridgehead atoms. The van der Waals surface area contributed by atoms with E-state index in [1.165, 1.54) is 16.3 Å². The Kier molecular flexibility index (Phi) is 5.37. The molecule has 0 heterocycles. The highest BCUT2D eigenvalue weighted by Gasteiger charge is 2.15. The fourth-order valence-electron chi connectivity index (χ4n) is 2.46. The molecule has 2 aromatic carbocycles. The fourth-order valence-corrected chi connectivity index (χ4v) is 3.62. The molecular formula is C19H27NSi. The zero-order valence-electron chi connectivity index (χ0n) is 13.7. The molecule has 0 aliphatic heterocycles. The molecule has 0 aliphatic carbocycles. The summed E-state index contributed by atoms with van der Waals surface area (Å²) >= 11 is 0. The Balaban J connectivity index is 1.84. The lowest BCUT2D eigenvalue weighted by atomic mass is 10.0. The van der Waals surface area contributed by atoms with Crippen molar-refractivity contribution < 1.29 is 0 Å². The highest BCUT2D eigenvalue weighted by Crippen LogP contribution is 2.13. The van der Waals surface area contributed by atoms with Gasteiger partial charge in [0.2, 0.25) is 0 Å². The van der Waals surface area contributed by atoms with Gasteiger partial charge in [0.15, 0.2) is 0 Å². The maximum absolute atomic E-state index is 3.57. The first-order valence-electron chi connectivity index (χ1n) is 7.82. The van der Waals surface area contributed by atoms with Gasteiger partial charge in [0.1, 0.15) is 0 Å². The summed E-state index contributed by atoms with van der Waals surface area (Å²) in [5.74, 6) is 0.549. The molecule has 2 aromatic rings. The number of hydrogen-bond acceptors (Lipinski definition) is 1.